The number of nitrogens with one attached hydrogen (secondary N) is 1. The molecule has 4 rings (SSSR count). The zero-order valence-electron chi connectivity index (χ0n) is 14.0. The van der Waals surface area contributed by atoms with Crippen LogP contribution >= 0.6 is 0 Å². The summed E-state index contributed by atoms with van der Waals surface area (Å²) < 4.78 is 5.93. The maximum absolute atomic E-state index is 5.93. The van der Waals surface area contributed by atoms with Crippen molar-refractivity contribution in [3.63, 3.8) is 0 Å². The van der Waals surface area contributed by atoms with Crippen molar-refractivity contribution in [3.8, 4) is 11.4 Å². The van der Waals surface area contributed by atoms with E-state index in [1.807, 2.05) is 18.2 Å². The first-order valence-corrected chi connectivity index (χ1v) is 9.00. The minimum absolute atomic E-state index is 0.705. The van der Waals surface area contributed by atoms with Crippen LogP contribution in [0.25, 0.3) is 22.4 Å². The number of hydrogen-bond acceptors (Lipinski definition) is 2. The highest BCUT2D eigenvalue weighted by Crippen LogP contribution is 2.24. The Balaban J connectivity index is 1.37. The number of para-hydroxylation sites is 2. The highest BCUT2D eigenvalue weighted by atomic mass is 16.5. The molecule has 2 aromatic carbocycles. The van der Waals surface area contributed by atoms with E-state index in [0.717, 1.165) is 34.9 Å². The summed E-state index contributed by atoms with van der Waals surface area (Å²) in [5, 5.41) is 0. The number of H-pyrrole nitrogens is 1. The minimum atomic E-state index is 0.705. The smallest absolute Gasteiger partial charge is 0.138 e. The third-order valence-electron chi connectivity index (χ3n) is 4.96. The van der Waals surface area contributed by atoms with Gasteiger partial charge in [-0.3, -0.25) is 0 Å². The molecular formula is C21H24N2O. The molecule has 3 aromatic rings. The molecule has 1 fully saturated rings. The quantitative estimate of drug-likeness (QED) is 0.690. The van der Waals surface area contributed by atoms with Crippen LogP contribution in [0, 0.1) is 5.92 Å². The second kappa shape index (κ2) is 7.18. The Hall–Kier alpha value is -2.13. The van der Waals surface area contributed by atoms with Gasteiger partial charge in [-0.15, -0.1) is 0 Å². The molecule has 0 amide bonds. The molecule has 1 aliphatic rings. The summed E-state index contributed by atoms with van der Waals surface area (Å²) in [5.74, 6) is 1.69. The van der Waals surface area contributed by atoms with Gasteiger partial charge in [-0.1, -0.05) is 55.7 Å². The van der Waals surface area contributed by atoms with Crippen LogP contribution in [0.1, 0.15) is 37.7 Å². The Labute approximate surface area is 143 Å². The maximum atomic E-state index is 5.93. The average molecular weight is 320 g/mol. The van der Waals surface area contributed by atoms with E-state index < -0.39 is 0 Å². The molecule has 24 heavy (non-hydrogen) atoms. The van der Waals surface area contributed by atoms with Crippen molar-refractivity contribution >= 4 is 11.0 Å². The Morgan fingerprint density at radius 1 is 0.958 bits per heavy atom. The van der Waals surface area contributed by atoms with Gasteiger partial charge in [-0.05, 0) is 36.5 Å². The van der Waals surface area contributed by atoms with E-state index in [4.69, 9.17) is 4.74 Å². The molecule has 124 valence electrons. The van der Waals surface area contributed by atoms with Gasteiger partial charge in [-0.25, -0.2) is 4.98 Å². The number of hydrogen-bond donors (Lipinski definition) is 1. The summed E-state index contributed by atoms with van der Waals surface area (Å²) in [6, 6.07) is 16.7. The first-order valence-electron chi connectivity index (χ1n) is 9.00. The van der Waals surface area contributed by atoms with Gasteiger partial charge in [0.05, 0.1) is 17.6 Å². The van der Waals surface area contributed by atoms with Crippen LogP contribution in [-0.2, 0) is 11.3 Å². The molecule has 0 saturated heterocycles. The summed E-state index contributed by atoms with van der Waals surface area (Å²) >= 11 is 0. The summed E-state index contributed by atoms with van der Waals surface area (Å²) in [5.41, 5.74) is 4.42. The number of aromatic nitrogens is 2. The summed E-state index contributed by atoms with van der Waals surface area (Å²) in [7, 11) is 0. The summed E-state index contributed by atoms with van der Waals surface area (Å²) in [6.45, 7) is 1.61. The van der Waals surface area contributed by atoms with Crippen molar-refractivity contribution in [2.45, 2.75) is 38.7 Å². The lowest BCUT2D eigenvalue weighted by Gasteiger charge is -2.21. The number of nitrogens with zero attached hydrogens (tertiary/aromatic N) is 1. The van der Waals surface area contributed by atoms with Gasteiger partial charge in [0.2, 0.25) is 0 Å². The molecule has 1 N–H and O–H groups in total. The molecule has 0 bridgehead atoms. The monoisotopic (exact) mass is 320 g/mol. The van der Waals surface area contributed by atoms with E-state index in [0.29, 0.717) is 6.61 Å². The van der Waals surface area contributed by atoms with E-state index >= 15 is 0 Å². The zero-order chi connectivity index (χ0) is 16.2. The first-order chi connectivity index (χ1) is 11.9. The topological polar surface area (TPSA) is 37.9 Å². The Morgan fingerprint density at radius 2 is 1.75 bits per heavy atom. The molecule has 3 nitrogen and oxygen atoms in total. The average Bonchev–Trinajstić information content (AvgIpc) is 3.07. The van der Waals surface area contributed by atoms with Crippen molar-refractivity contribution < 1.29 is 4.74 Å². The number of ether oxygens (including phenoxy) is 1. The van der Waals surface area contributed by atoms with Crippen LogP contribution in [-0.4, -0.2) is 16.6 Å². The molecule has 0 radical (unpaired) electrons. The fourth-order valence-electron chi connectivity index (χ4n) is 3.55. The third kappa shape index (κ3) is 3.51. The predicted octanol–water partition coefficient (Wildman–Crippen LogP) is 5.33. The minimum Gasteiger partial charge on any atom is -0.376 e. The lowest BCUT2D eigenvalue weighted by Crippen LogP contribution is -2.13. The van der Waals surface area contributed by atoms with E-state index in [-0.39, 0.29) is 0 Å². The van der Waals surface area contributed by atoms with Gasteiger partial charge < -0.3 is 9.72 Å². The van der Waals surface area contributed by atoms with Gasteiger partial charge >= 0.3 is 0 Å². The van der Waals surface area contributed by atoms with Gasteiger partial charge in [0.15, 0.2) is 0 Å². The van der Waals surface area contributed by atoms with Crippen molar-refractivity contribution in [2.24, 2.45) is 5.92 Å². The molecule has 1 saturated carbocycles. The lowest BCUT2D eigenvalue weighted by atomic mass is 9.90. The van der Waals surface area contributed by atoms with E-state index in [1.165, 1.54) is 37.7 Å². The van der Waals surface area contributed by atoms with Crippen LogP contribution < -0.4 is 0 Å². The molecule has 1 heterocycles. The van der Waals surface area contributed by atoms with Gasteiger partial charge in [0.25, 0.3) is 0 Å². The zero-order valence-corrected chi connectivity index (χ0v) is 14.0. The molecule has 0 aliphatic heterocycles. The van der Waals surface area contributed by atoms with Crippen molar-refractivity contribution in [1.29, 1.82) is 0 Å². The van der Waals surface area contributed by atoms with Crippen LogP contribution in [0.15, 0.2) is 48.5 Å². The predicted molar refractivity (Wildman–Crippen MR) is 97.8 cm³/mol. The molecule has 0 unspecified atom stereocenters. The molecule has 1 aliphatic carbocycles. The van der Waals surface area contributed by atoms with Crippen molar-refractivity contribution in [3.05, 3.63) is 54.1 Å². The lowest BCUT2D eigenvalue weighted by molar-refractivity contribution is 0.0739. The number of fused-ring (bicyclic) bond motifs is 1. The molecule has 1 aromatic heterocycles. The maximum Gasteiger partial charge on any atom is 0.138 e. The number of benzene rings is 2. The van der Waals surface area contributed by atoms with E-state index in [9.17, 15) is 0 Å². The van der Waals surface area contributed by atoms with Crippen LogP contribution in [0.3, 0.4) is 0 Å². The van der Waals surface area contributed by atoms with Crippen molar-refractivity contribution in [1.82, 2.24) is 9.97 Å². The van der Waals surface area contributed by atoms with Gasteiger partial charge in [0.1, 0.15) is 5.82 Å². The normalized spacial score (nSPS) is 15.8. The standard InChI is InChI=1S/C21H24N2O/c1-2-6-16(7-3-1)14-24-15-17-10-12-18(13-11-17)21-22-19-8-4-5-9-20(19)23-21/h4-5,8-13,16H,1-3,6-7,14-15H2,(H,22,23). The first kappa shape index (κ1) is 15.4. The fourth-order valence-corrected chi connectivity index (χ4v) is 3.55. The van der Waals surface area contributed by atoms with E-state index in [1.54, 1.807) is 0 Å². The second-order valence-corrected chi connectivity index (χ2v) is 6.82. The van der Waals surface area contributed by atoms with Gasteiger partial charge in [-0.2, -0.15) is 0 Å². The largest absolute Gasteiger partial charge is 0.376 e. The summed E-state index contributed by atoms with van der Waals surface area (Å²) in [4.78, 5) is 8.02. The van der Waals surface area contributed by atoms with Crippen LogP contribution in [0.2, 0.25) is 0 Å². The molecular weight excluding hydrogens is 296 g/mol. The van der Waals surface area contributed by atoms with Crippen molar-refractivity contribution in [2.75, 3.05) is 6.61 Å². The fraction of sp³-hybridized carbons (Fsp3) is 0.381. The third-order valence-corrected chi connectivity index (χ3v) is 4.96. The molecule has 0 atom stereocenters. The molecule has 3 heteroatoms. The summed E-state index contributed by atoms with van der Waals surface area (Å²) in [6.07, 6.45) is 6.83. The number of rotatable bonds is 5. The number of aromatic amines is 1. The van der Waals surface area contributed by atoms with Gasteiger partial charge in [0, 0.05) is 12.2 Å². The Bertz CT molecular complexity index is 752. The Morgan fingerprint density at radius 3 is 2.54 bits per heavy atom. The SMILES string of the molecule is c1ccc2[nH]c(-c3ccc(COCC4CCCCC4)cc3)nc2c1. The highest BCUT2D eigenvalue weighted by Gasteiger charge is 2.13. The van der Waals surface area contributed by atoms with Crippen LogP contribution in [0.4, 0.5) is 0 Å². The Kier molecular flexibility index (Phi) is 4.61. The van der Waals surface area contributed by atoms with Crippen LogP contribution in [0.5, 0.6) is 0 Å². The molecule has 0 spiro atoms. The number of imidazole rings is 1. The van der Waals surface area contributed by atoms with E-state index in [2.05, 4.69) is 40.3 Å². The second-order valence-electron chi connectivity index (χ2n) is 6.82. The highest BCUT2D eigenvalue weighted by molar-refractivity contribution is 5.79.